The van der Waals surface area contributed by atoms with Crippen LogP contribution in [0.2, 0.25) is 0 Å². The number of hydrogen-bond acceptors (Lipinski definition) is 7. The summed E-state index contributed by atoms with van der Waals surface area (Å²) in [5.41, 5.74) is 3.71. The van der Waals surface area contributed by atoms with Crippen LogP contribution in [0, 0.1) is 38.5 Å². The molecule has 0 aromatic heterocycles. The van der Waals surface area contributed by atoms with E-state index in [9.17, 15) is 20.4 Å². The summed E-state index contributed by atoms with van der Waals surface area (Å²) in [6.45, 7) is 17.2. The topological polar surface area (TPSA) is 109 Å². The summed E-state index contributed by atoms with van der Waals surface area (Å²) in [6.07, 6.45) is 6.72. The highest BCUT2D eigenvalue weighted by atomic mass is 16.7. The fraction of sp³-hybridized carbons (Fsp3) is 0.829. The third-order valence-corrected chi connectivity index (χ3v) is 9.92. The Morgan fingerprint density at radius 2 is 1.40 bits per heavy atom. The van der Waals surface area contributed by atoms with Gasteiger partial charge < -0.3 is 34.6 Å². The van der Waals surface area contributed by atoms with Gasteiger partial charge in [0.05, 0.1) is 6.61 Å². The quantitative estimate of drug-likeness (QED) is 0.189. The van der Waals surface area contributed by atoms with E-state index in [4.69, 9.17) is 14.2 Å². The molecule has 4 N–H and O–H groups in total. The van der Waals surface area contributed by atoms with Gasteiger partial charge >= 0.3 is 0 Å². The van der Waals surface area contributed by atoms with E-state index >= 15 is 0 Å². The predicted octanol–water partition coefficient (Wildman–Crippen LogP) is 6.31. The summed E-state index contributed by atoms with van der Waals surface area (Å²) in [5.74, 6) is 3.91. The molecule has 0 amide bonds. The molecule has 2 aliphatic rings. The SMILES string of the molecule is Cc1c(C)c2c(c(C)c1OC1O[C@H](CO)[C@@H](O)[C@H](O)[C@H]1O)CC[C@@](C)(CCC[C@H](C)CCC[C@H](C)CCCC(C)C)O2. The minimum atomic E-state index is -1.48. The number of aliphatic hydroxyl groups is 4. The van der Waals surface area contributed by atoms with Crippen LogP contribution in [0.1, 0.15) is 121 Å². The lowest BCUT2D eigenvalue weighted by molar-refractivity contribution is -0.277. The lowest BCUT2D eigenvalue weighted by Crippen LogP contribution is -2.60. The molecular weight excluding hydrogens is 532 g/mol. The van der Waals surface area contributed by atoms with Gasteiger partial charge in [0.25, 0.3) is 0 Å². The van der Waals surface area contributed by atoms with Crippen LogP contribution >= 0.6 is 0 Å². The molecular formula is C35H60O7. The predicted molar refractivity (Wildman–Crippen MR) is 167 cm³/mol. The van der Waals surface area contributed by atoms with Crippen molar-refractivity contribution in [3.63, 3.8) is 0 Å². The van der Waals surface area contributed by atoms with Crippen LogP contribution < -0.4 is 9.47 Å². The molecule has 0 saturated carbocycles. The van der Waals surface area contributed by atoms with Crippen molar-refractivity contribution >= 4 is 0 Å². The maximum Gasteiger partial charge on any atom is 0.229 e. The molecule has 0 bridgehead atoms. The van der Waals surface area contributed by atoms with E-state index in [1.54, 1.807) is 0 Å². The highest BCUT2D eigenvalue weighted by Gasteiger charge is 2.45. The van der Waals surface area contributed by atoms with Crippen LogP contribution in [0.5, 0.6) is 11.5 Å². The maximum atomic E-state index is 10.5. The minimum absolute atomic E-state index is 0.207. The second-order valence-electron chi connectivity index (χ2n) is 14.2. The third-order valence-electron chi connectivity index (χ3n) is 9.92. The highest BCUT2D eigenvalue weighted by molar-refractivity contribution is 5.59. The monoisotopic (exact) mass is 592 g/mol. The largest absolute Gasteiger partial charge is 0.487 e. The van der Waals surface area contributed by atoms with E-state index < -0.39 is 37.3 Å². The van der Waals surface area contributed by atoms with Crippen molar-refractivity contribution < 1.29 is 34.6 Å². The summed E-state index contributed by atoms with van der Waals surface area (Å²) in [4.78, 5) is 0. The summed E-state index contributed by atoms with van der Waals surface area (Å²) in [6, 6.07) is 0. The first-order chi connectivity index (χ1) is 19.8. The molecule has 1 unspecified atom stereocenters. The zero-order chi connectivity index (χ0) is 31.2. The molecule has 2 aliphatic heterocycles. The Bertz CT molecular complexity index is 992. The summed E-state index contributed by atoms with van der Waals surface area (Å²) >= 11 is 0. The molecule has 2 heterocycles. The summed E-state index contributed by atoms with van der Waals surface area (Å²) < 4.78 is 18.5. The van der Waals surface area contributed by atoms with Gasteiger partial charge in [0.2, 0.25) is 6.29 Å². The zero-order valence-electron chi connectivity index (χ0n) is 27.6. The lowest BCUT2D eigenvalue weighted by Gasteiger charge is -2.41. The van der Waals surface area contributed by atoms with Crippen LogP contribution in [0.3, 0.4) is 0 Å². The molecule has 7 nitrogen and oxygen atoms in total. The molecule has 0 aliphatic carbocycles. The smallest absolute Gasteiger partial charge is 0.229 e. The average molecular weight is 593 g/mol. The molecule has 8 atom stereocenters. The molecule has 1 saturated heterocycles. The number of hydrogen-bond donors (Lipinski definition) is 4. The van der Waals surface area contributed by atoms with Crippen LogP contribution in [0.15, 0.2) is 0 Å². The molecule has 1 aromatic carbocycles. The zero-order valence-corrected chi connectivity index (χ0v) is 27.6. The molecule has 3 rings (SSSR count). The Hall–Kier alpha value is -1.38. The van der Waals surface area contributed by atoms with Gasteiger partial charge in [0, 0.05) is 5.56 Å². The normalized spacial score (nSPS) is 29.2. The van der Waals surface area contributed by atoms with Gasteiger partial charge in [-0.2, -0.15) is 0 Å². The van der Waals surface area contributed by atoms with E-state index in [1.807, 2.05) is 20.8 Å². The van der Waals surface area contributed by atoms with Crippen molar-refractivity contribution in [3.05, 3.63) is 22.3 Å². The first kappa shape index (κ1) is 35.1. The van der Waals surface area contributed by atoms with E-state index in [0.29, 0.717) is 5.75 Å². The number of aliphatic hydroxyl groups excluding tert-OH is 4. The second-order valence-corrected chi connectivity index (χ2v) is 14.2. The van der Waals surface area contributed by atoms with Crippen LogP contribution in [-0.2, 0) is 11.2 Å². The van der Waals surface area contributed by atoms with Crippen LogP contribution in [0.25, 0.3) is 0 Å². The Morgan fingerprint density at radius 1 is 0.810 bits per heavy atom. The van der Waals surface area contributed by atoms with Gasteiger partial charge in [-0.15, -0.1) is 0 Å². The van der Waals surface area contributed by atoms with E-state index in [2.05, 4.69) is 34.6 Å². The van der Waals surface area contributed by atoms with Crippen LogP contribution in [0.4, 0.5) is 0 Å². The average Bonchev–Trinajstić information content (AvgIpc) is 2.93. The van der Waals surface area contributed by atoms with Gasteiger partial charge in [-0.25, -0.2) is 0 Å². The molecule has 1 aromatic rings. The molecule has 1 fully saturated rings. The molecule has 242 valence electrons. The molecule has 42 heavy (non-hydrogen) atoms. The fourth-order valence-electron chi connectivity index (χ4n) is 6.72. The first-order valence-corrected chi connectivity index (χ1v) is 16.6. The number of rotatable bonds is 15. The second kappa shape index (κ2) is 15.6. The van der Waals surface area contributed by atoms with E-state index in [-0.39, 0.29) is 5.60 Å². The fourth-order valence-corrected chi connectivity index (χ4v) is 6.72. The van der Waals surface area contributed by atoms with Crippen molar-refractivity contribution in [2.24, 2.45) is 17.8 Å². The van der Waals surface area contributed by atoms with Crippen molar-refractivity contribution in [1.29, 1.82) is 0 Å². The summed E-state index contributed by atoms with van der Waals surface area (Å²) in [7, 11) is 0. The Labute approximate surface area is 255 Å². The first-order valence-electron chi connectivity index (χ1n) is 16.6. The van der Waals surface area contributed by atoms with E-state index in [0.717, 1.165) is 71.4 Å². The van der Waals surface area contributed by atoms with E-state index in [1.165, 1.54) is 44.9 Å². The van der Waals surface area contributed by atoms with Gasteiger partial charge in [-0.05, 0) is 87.8 Å². The van der Waals surface area contributed by atoms with Gasteiger partial charge in [-0.1, -0.05) is 72.6 Å². The van der Waals surface area contributed by atoms with Crippen molar-refractivity contribution in [2.75, 3.05) is 6.61 Å². The Kier molecular flexibility index (Phi) is 13.0. The molecule has 0 spiro atoms. The van der Waals surface area contributed by atoms with Gasteiger partial charge in [-0.3, -0.25) is 0 Å². The van der Waals surface area contributed by atoms with Crippen molar-refractivity contribution in [3.8, 4) is 11.5 Å². The minimum Gasteiger partial charge on any atom is -0.487 e. The van der Waals surface area contributed by atoms with Crippen molar-refractivity contribution in [2.45, 2.75) is 162 Å². The highest BCUT2D eigenvalue weighted by Crippen LogP contribution is 2.45. The Balaban J connectivity index is 1.55. The molecule has 7 heteroatoms. The lowest BCUT2D eigenvalue weighted by atomic mass is 9.83. The Morgan fingerprint density at radius 3 is 2.00 bits per heavy atom. The number of fused-ring (bicyclic) bond motifs is 1. The number of benzene rings is 1. The maximum absolute atomic E-state index is 10.5. The van der Waals surface area contributed by atoms with Crippen molar-refractivity contribution in [1.82, 2.24) is 0 Å². The third kappa shape index (κ3) is 8.84. The summed E-state index contributed by atoms with van der Waals surface area (Å²) in [5, 5.41) is 40.4. The van der Waals surface area contributed by atoms with Gasteiger partial charge in [0.15, 0.2) is 0 Å². The van der Waals surface area contributed by atoms with Crippen LogP contribution in [-0.4, -0.2) is 63.3 Å². The number of ether oxygens (including phenoxy) is 3. The van der Waals surface area contributed by atoms with Gasteiger partial charge in [0.1, 0.15) is 41.5 Å². The molecule has 0 radical (unpaired) electrons. The standard InChI is InChI=1S/C35H60O7/c1-21(2)12-9-13-22(3)14-10-15-23(4)16-11-18-35(8)19-17-27-26(7)32(24(5)25(6)33(27)42-35)41-34-31(39)30(38)29(37)28(20-36)40-34/h21-23,28-31,34,36-39H,9-20H2,1-8H3/t22-,23-,28-,29-,30+,31-,34?,35-/m1/s1.